The van der Waals surface area contributed by atoms with Crippen molar-refractivity contribution in [3.8, 4) is 5.75 Å². The van der Waals surface area contributed by atoms with Crippen LogP contribution < -0.4 is 4.74 Å². The zero-order valence-electron chi connectivity index (χ0n) is 21.7. The Morgan fingerprint density at radius 2 is 2.08 bits per heavy atom. The lowest BCUT2D eigenvalue weighted by Crippen LogP contribution is -2.34. The lowest BCUT2D eigenvalue weighted by molar-refractivity contribution is -0.194. The highest BCUT2D eigenvalue weighted by Crippen LogP contribution is 2.35. The number of carboxylic acid groups (broad SMARTS) is 1. The van der Waals surface area contributed by atoms with E-state index in [4.69, 9.17) is 35.7 Å². The second-order valence-electron chi connectivity index (χ2n) is 10.0. The maximum atomic E-state index is 12.5. The summed E-state index contributed by atoms with van der Waals surface area (Å²) in [4.78, 5) is 23.4. The summed E-state index contributed by atoms with van der Waals surface area (Å²) in [5.41, 5.74) is 0. The van der Waals surface area contributed by atoms with Crippen molar-refractivity contribution in [2.45, 2.75) is 70.9 Å². The van der Waals surface area contributed by atoms with Gasteiger partial charge in [0.1, 0.15) is 5.75 Å². The van der Waals surface area contributed by atoms with E-state index in [0.717, 1.165) is 25.7 Å². The van der Waals surface area contributed by atoms with Crippen molar-refractivity contribution in [2.75, 3.05) is 19.8 Å². The lowest BCUT2D eigenvalue weighted by Gasteiger charge is -2.31. The second-order valence-corrected chi connectivity index (χ2v) is 10.4. The number of rotatable bonds is 14. The van der Waals surface area contributed by atoms with Crippen LogP contribution in [0.15, 0.2) is 48.6 Å². The van der Waals surface area contributed by atoms with E-state index in [9.17, 15) is 9.59 Å². The fourth-order valence-electron chi connectivity index (χ4n) is 4.63. The van der Waals surface area contributed by atoms with E-state index >= 15 is 0 Å². The largest absolute Gasteiger partial charge is 0.485 e. The number of benzene rings is 1. The topological polar surface area (TPSA) is 91.3 Å². The Morgan fingerprint density at radius 1 is 1.24 bits per heavy atom. The van der Waals surface area contributed by atoms with E-state index in [1.165, 1.54) is 6.08 Å². The molecule has 0 aliphatic carbocycles. The van der Waals surface area contributed by atoms with Crippen molar-refractivity contribution in [1.82, 2.24) is 0 Å². The number of carbonyl (C=O) groups excluding carboxylic acids is 1. The lowest BCUT2D eigenvalue weighted by atomic mass is 9.82. The van der Waals surface area contributed by atoms with Crippen LogP contribution in [0.3, 0.4) is 0 Å². The van der Waals surface area contributed by atoms with Crippen molar-refractivity contribution in [2.24, 2.45) is 17.8 Å². The van der Waals surface area contributed by atoms with Crippen molar-refractivity contribution in [3.63, 3.8) is 0 Å². The van der Waals surface area contributed by atoms with Gasteiger partial charge in [0.15, 0.2) is 18.7 Å². The average Bonchev–Trinajstić information content (AvgIpc) is 3.24. The number of ketones is 1. The summed E-state index contributed by atoms with van der Waals surface area (Å²) in [5, 5.41) is 9.48. The number of carboxylic acids is 1. The molecule has 2 unspecified atom stereocenters. The Morgan fingerprint density at radius 3 is 2.78 bits per heavy atom. The van der Waals surface area contributed by atoms with Crippen LogP contribution in [-0.2, 0) is 23.8 Å². The fourth-order valence-corrected chi connectivity index (χ4v) is 4.81. The number of hydrogen-bond donors (Lipinski definition) is 1. The van der Waals surface area contributed by atoms with Gasteiger partial charge in [0.25, 0.3) is 0 Å². The first-order valence-corrected chi connectivity index (χ1v) is 13.6. The molecule has 1 N–H and O–H groups in total. The predicted octanol–water partition coefficient (Wildman–Crippen LogP) is 5.85. The molecule has 37 heavy (non-hydrogen) atoms. The van der Waals surface area contributed by atoms with E-state index < -0.39 is 5.97 Å². The van der Waals surface area contributed by atoms with Gasteiger partial charge >= 0.3 is 5.97 Å². The number of halogens is 1. The molecule has 2 saturated heterocycles. The van der Waals surface area contributed by atoms with Crippen LogP contribution in [0.25, 0.3) is 0 Å². The van der Waals surface area contributed by atoms with E-state index in [1.54, 1.807) is 24.3 Å². The Labute approximate surface area is 224 Å². The molecule has 2 fully saturated rings. The molecule has 7 nitrogen and oxygen atoms in total. The second kappa shape index (κ2) is 15.3. The normalized spacial score (nSPS) is 25.2. The summed E-state index contributed by atoms with van der Waals surface area (Å²) in [7, 11) is 0. The molecule has 2 aliphatic heterocycles. The molecule has 0 amide bonds. The van der Waals surface area contributed by atoms with E-state index in [0.29, 0.717) is 36.3 Å². The van der Waals surface area contributed by atoms with Gasteiger partial charge in [-0.1, -0.05) is 49.7 Å². The summed E-state index contributed by atoms with van der Waals surface area (Å²) in [6.07, 6.45) is 11.1. The molecule has 0 spiro atoms. The molecule has 5 atom stereocenters. The zero-order valence-corrected chi connectivity index (χ0v) is 22.5. The summed E-state index contributed by atoms with van der Waals surface area (Å²) in [5.74, 6) is 0.170. The minimum atomic E-state index is -0.801. The number of allylic oxidation sites excluding steroid dienone is 2. The molecule has 0 aromatic heterocycles. The molecule has 2 heterocycles. The highest BCUT2D eigenvalue weighted by Gasteiger charge is 2.39. The molecule has 8 heteroatoms. The molecular weight excluding hydrogens is 496 g/mol. The SMILES string of the molecule is CC(C)C(C=CCCC(=O)O)C[C@H]1[C@@H](OC2CCCCO2)CO[C@@H]1C=CC(=O)COc1cccc(Cl)c1. The van der Waals surface area contributed by atoms with Gasteiger partial charge < -0.3 is 24.1 Å². The molecule has 0 saturated carbocycles. The van der Waals surface area contributed by atoms with E-state index in [-0.39, 0.29) is 49.1 Å². The van der Waals surface area contributed by atoms with Crippen molar-refractivity contribution in [3.05, 3.63) is 53.6 Å². The van der Waals surface area contributed by atoms with Crippen LogP contribution in [0.5, 0.6) is 5.75 Å². The predicted molar refractivity (Wildman–Crippen MR) is 142 cm³/mol. The van der Waals surface area contributed by atoms with Gasteiger partial charge in [-0.3, -0.25) is 9.59 Å². The fraction of sp³-hybridized carbons (Fsp3) is 0.586. The number of hydrogen-bond acceptors (Lipinski definition) is 6. The Kier molecular flexibility index (Phi) is 12.1. The Balaban J connectivity index is 1.65. The van der Waals surface area contributed by atoms with Crippen LogP contribution in [0, 0.1) is 17.8 Å². The number of aliphatic carboxylic acids is 1. The molecule has 1 aromatic carbocycles. The van der Waals surface area contributed by atoms with Gasteiger partial charge in [-0.25, -0.2) is 0 Å². The molecule has 1 aromatic rings. The van der Waals surface area contributed by atoms with E-state index in [1.807, 2.05) is 12.2 Å². The third-order valence-corrected chi connectivity index (χ3v) is 7.01. The van der Waals surface area contributed by atoms with Gasteiger partial charge in [0.05, 0.1) is 18.8 Å². The maximum Gasteiger partial charge on any atom is 0.303 e. The van der Waals surface area contributed by atoms with E-state index in [2.05, 4.69) is 19.9 Å². The smallest absolute Gasteiger partial charge is 0.303 e. The Bertz CT molecular complexity index is 923. The third-order valence-electron chi connectivity index (χ3n) is 6.77. The summed E-state index contributed by atoms with van der Waals surface area (Å²) >= 11 is 5.98. The summed E-state index contributed by atoms with van der Waals surface area (Å²) < 4.78 is 23.8. The van der Waals surface area contributed by atoms with Crippen LogP contribution in [-0.4, -0.2) is 55.2 Å². The van der Waals surface area contributed by atoms with Gasteiger partial charge in [0.2, 0.25) is 0 Å². The third kappa shape index (κ3) is 10.2. The molecular formula is C29H39ClO7. The summed E-state index contributed by atoms with van der Waals surface area (Å²) in [6, 6.07) is 6.94. The first-order chi connectivity index (χ1) is 17.8. The monoisotopic (exact) mass is 534 g/mol. The van der Waals surface area contributed by atoms with Crippen molar-refractivity contribution in [1.29, 1.82) is 0 Å². The van der Waals surface area contributed by atoms with Gasteiger partial charge in [-0.2, -0.15) is 0 Å². The standard InChI is InChI=1S/C29H39ClO7/c1-20(2)21(8-3-4-11-28(32)33)16-25-26(36-19-27(25)37-29-12-5-6-15-34-29)14-13-23(31)18-35-24-10-7-9-22(30)17-24/h3,7-10,13-14,17,20-21,25-27,29H,4-6,11-12,15-16,18-19H2,1-2H3,(H,32,33)/t21?,25-,26-,27+,29?/m1/s1. The first kappa shape index (κ1) is 29.4. The molecule has 2 aliphatic rings. The minimum Gasteiger partial charge on any atom is -0.485 e. The van der Waals surface area contributed by atoms with Gasteiger partial charge in [-0.15, -0.1) is 0 Å². The van der Waals surface area contributed by atoms with Crippen LogP contribution >= 0.6 is 11.6 Å². The Hall–Kier alpha value is -2.19. The minimum absolute atomic E-state index is 0.0277. The van der Waals surface area contributed by atoms with Crippen LogP contribution in [0.1, 0.15) is 52.4 Å². The molecule has 0 radical (unpaired) electrons. The molecule has 3 rings (SSSR count). The zero-order chi connectivity index (χ0) is 26.6. The maximum absolute atomic E-state index is 12.5. The van der Waals surface area contributed by atoms with Crippen LogP contribution in [0.4, 0.5) is 0 Å². The first-order valence-electron chi connectivity index (χ1n) is 13.2. The average molecular weight is 535 g/mol. The molecule has 204 valence electrons. The van der Waals surface area contributed by atoms with Crippen molar-refractivity contribution >= 4 is 23.4 Å². The number of ether oxygens (including phenoxy) is 4. The van der Waals surface area contributed by atoms with Crippen molar-refractivity contribution < 1.29 is 33.6 Å². The quantitative estimate of drug-likeness (QED) is 0.236. The van der Waals surface area contributed by atoms with Gasteiger partial charge in [0, 0.05) is 24.0 Å². The summed E-state index contributed by atoms with van der Waals surface area (Å²) in [6.45, 7) is 5.35. The molecule has 0 bridgehead atoms. The highest BCUT2D eigenvalue weighted by molar-refractivity contribution is 6.30. The van der Waals surface area contributed by atoms with Crippen LogP contribution in [0.2, 0.25) is 5.02 Å². The number of carbonyl (C=O) groups is 2. The van der Waals surface area contributed by atoms with Gasteiger partial charge in [-0.05, 0) is 68.2 Å². The highest BCUT2D eigenvalue weighted by atomic mass is 35.5.